The highest BCUT2D eigenvalue weighted by atomic mass is 16.7. The zero-order valence-corrected chi connectivity index (χ0v) is 9.49. The molecule has 19 heavy (non-hydrogen) atoms. The van der Waals surface area contributed by atoms with Gasteiger partial charge in [-0.25, -0.2) is 0 Å². The van der Waals surface area contributed by atoms with Gasteiger partial charge in [0.25, 0.3) is 5.95 Å². The summed E-state index contributed by atoms with van der Waals surface area (Å²) in [5.41, 5.74) is 0. The number of rotatable bonds is 7. The van der Waals surface area contributed by atoms with Crippen molar-refractivity contribution >= 4 is 5.95 Å². The molecule has 0 fully saturated rings. The SMILES string of the molecule is CCn1nnc(NCC([N+](=O)[O-])([N+](=O)[O-])[N+](=O)[O-])n1. The van der Waals surface area contributed by atoms with Crippen LogP contribution in [-0.4, -0.2) is 47.3 Å². The van der Waals surface area contributed by atoms with E-state index in [1.54, 1.807) is 6.92 Å². The summed E-state index contributed by atoms with van der Waals surface area (Å²) in [6, 6.07) is 0. The van der Waals surface area contributed by atoms with Crippen LogP contribution < -0.4 is 5.32 Å². The summed E-state index contributed by atoms with van der Waals surface area (Å²) in [5, 5.41) is 44.3. The molecule has 0 aromatic carbocycles. The fraction of sp³-hybridized carbons (Fsp3) is 0.800. The van der Waals surface area contributed by atoms with Crippen LogP contribution in [0.3, 0.4) is 0 Å². The van der Waals surface area contributed by atoms with Crippen LogP contribution in [0.15, 0.2) is 0 Å². The highest BCUT2D eigenvalue weighted by Crippen LogP contribution is 2.12. The van der Waals surface area contributed by atoms with E-state index in [9.17, 15) is 30.3 Å². The molecule has 1 heterocycles. The third-order valence-electron chi connectivity index (χ3n) is 2.10. The van der Waals surface area contributed by atoms with E-state index in [-0.39, 0.29) is 5.95 Å². The Kier molecular flexibility index (Phi) is 3.83. The molecule has 1 N–H and O–H groups in total. The Morgan fingerprint density at radius 3 is 2.11 bits per heavy atom. The molecule has 104 valence electrons. The van der Waals surface area contributed by atoms with Crippen LogP contribution in [0.2, 0.25) is 0 Å². The van der Waals surface area contributed by atoms with Gasteiger partial charge in [0.1, 0.15) is 0 Å². The standard InChI is InChI=1S/C5H8N8O6/c1-2-10-8-4(7-9-10)6-3-5(11(14)15,12(16)17)13(18)19/h2-3H2,1H3,(H,6,8). The molecule has 0 radical (unpaired) electrons. The summed E-state index contributed by atoms with van der Waals surface area (Å²) in [6.45, 7) is 0.815. The lowest BCUT2D eigenvalue weighted by atomic mass is 10.4. The smallest absolute Gasteiger partial charge is 0.331 e. The van der Waals surface area contributed by atoms with Crippen molar-refractivity contribution in [1.29, 1.82) is 0 Å². The highest BCUT2D eigenvalue weighted by Gasteiger charge is 2.70. The van der Waals surface area contributed by atoms with Crippen LogP contribution in [0.4, 0.5) is 5.95 Å². The number of nitrogens with one attached hydrogen (secondary N) is 1. The van der Waals surface area contributed by atoms with E-state index in [1.807, 2.05) is 0 Å². The number of anilines is 1. The number of nitro groups is 3. The zero-order valence-electron chi connectivity index (χ0n) is 9.49. The number of tetrazole rings is 1. The van der Waals surface area contributed by atoms with Gasteiger partial charge in [-0.3, -0.25) is 30.3 Å². The van der Waals surface area contributed by atoms with E-state index in [4.69, 9.17) is 0 Å². The van der Waals surface area contributed by atoms with Gasteiger partial charge in [-0.1, -0.05) is 5.10 Å². The minimum Gasteiger partial charge on any atom is -0.331 e. The number of aromatic nitrogens is 4. The lowest BCUT2D eigenvalue weighted by Crippen LogP contribution is -2.58. The van der Waals surface area contributed by atoms with Crippen LogP contribution in [0, 0.1) is 30.3 Å². The summed E-state index contributed by atoms with van der Waals surface area (Å²) >= 11 is 0. The first-order chi connectivity index (χ1) is 8.84. The summed E-state index contributed by atoms with van der Waals surface area (Å²) < 4.78 is 0. The first kappa shape index (κ1) is 14.1. The molecule has 0 atom stereocenters. The van der Waals surface area contributed by atoms with Gasteiger partial charge in [0.05, 0.1) is 6.54 Å². The molecule has 1 rings (SSSR count). The topological polar surface area (TPSA) is 185 Å². The number of nitrogens with zero attached hydrogens (tertiary/aromatic N) is 7. The van der Waals surface area contributed by atoms with Gasteiger partial charge in [0.15, 0.2) is 14.8 Å². The average molecular weight is 276 g/mol. The summed E-state index contributed by atoms with van der Waals surface area (Å²) in [5.74, 6) is -3.88. The Hall–Kier alpha value is -2.93. The van der Waals surface area contributed by atoms with Crippen molar-refractivity contribution in [3.8, 4) is 0 Å². The average Bonchev–Trinajstić information content (AvgIpc) is 2.76. The van der Waals surface area contributed by atoms with Crippen LogP contribution >= 0.6 is 0 Å². The van der Waals surface area contributed by atoms with Gasteiger partial charge >= 0.3 is 5.79 Å². The minimum absolute atomic E-state index is 0.281. The minimum atomic E-state index is -3.60. The summed E-state index contributed by atoms with van der Waals surface area (Å²) in [7, 11) is 0. The normalized spacial score (nSPS) is 11.0. The van der Waals surface area contributed by atoms with E-state index >= 15 is 0 Å². The molecule has 0 aliphatic rings. The molecular weight excluding hydrogens is 268 g/mol. The van der Waals surface area contributed by atoms with Crippen molar-refractivity contribution in [3.05, 3.63) is 30.3 Å². The van der Waals surface area contributed by atoms with E-state index in [2.05, 4.69) is 20.7 Å². The third kappa shape index (κ3) is 2.50. The molecule has 0 bridgehead atoms. The Bertz CT molecular complexity index is 475. The van der Waals surface area contributed by atoms with E-state index in [1.165, 1.54) is 0 Å². The molecule has 0 unspecified atom stereocenters. The Morgan fingerprint density at radius 2 is 1.74 bits per heavy atom. The predicted molar refractivity (Wildman–Crippen MR) is 55.7 cm³/mol. The molecule has 1 aromatic rings. The maximum Gasteiger partial charge on any atom is 0.717 e. The molecule has 0 saturated heterocycles. The largest absolute Gasteiger partial charge is 0.717 e. The van der Waals surface area contributed by atoms with Gasteiger partial charge in [-0.15, -0.1) is 5.10 Å². The number of hydrogen-bond acceptors (Lipinski definition) is 10. The lowest BCUT2D eigenvalue weighted by molar-refractivity contribution is -0.965. The molecule has 0 amide bonds. The van der Waals surface area contributed by atoms with Crippen LogP contribution in [0.1, 0.15) is 6.92 Å². The maximum atomic E-state index is 10.6. The van der Waals surface area contributed by atoms with Crippen molar-refractivity contribution in [1.82, 2.24) is 20.2 Å². The fourth-order valence-electron chi connectivity index (χ4n) is 1.04. The van der Waals surface area contributed by atoms with Crippen LogP contribution in [-0.2, 0) is 6.54 Å². The van der Waals surface area contributed by atoms with Crippen molar-refractivity contribution in [2.75, 3.05) is 11.9 Å². The van der Waals surface area contributed by atoms with Crippen molar-refractivity contribution in [2.24, 2.45) is 0 Å². The van der Waals surface area contributed by atoms with Crippen molar-refractivity contribution in [3.63, 3.8) is 0 Å². The molecule has 14 nitrogen and oxygen atoms in total. The molecule has 0 saturated carbocycles. The molecule has 1 aromatic heterocycles. The van der Waals surface area contributed by atoms with Crippen molar-refractivity contribution in [2.45, 2.75) is 19.3 Å². The van der Waals surface area contributed by atoms with E-state index < -0.39 is 27.1 Å². The Labute approximate surface area is 103 Å². The second-order valence-corrected chi connectivity index (χ2v) is 3.20. The zero-order chi connectivity index (χ0) is 14.6. The van der Waals surface area contributed by atoms with Gasteiger partial charge in [-0.2, -0.15) is 4.80 Å². The number of aryl methyl sites for hydroxylation is 1. The molecule has 0 aliphatic heterocycles. The molecule has 14 heteroatoms. The predicted octanol–water partition coefficient (Wildman–Crippen LogP) is -1.41. The summed E-state index contributed by atoms with van der Waals surface area (Å²) in [6.07, 6.45) is 0. The Morgan fingerprint density at radius 1 is 1.21 bits per heavy atom. The van der Waals surface area contributed by atoms with Crippen LogP contribution in [0.25, 0.3) is 0 Å². The van der Waals surface area contributed by atoms with Gasteiger partial charge in [0.2, 0.25) is 6.54 Å². The Balaban J connectivity index is 2.93. The third-order valence-corrected chi connectivity index (χ3v) is 2.10. The first-order valence-corrected chi connectivity index (χ1v) is 4.79. The summed E-state index contributed by atoms with van der Waals surface area (Å²) in [4.78, 5) is 28.1. The first-order valence-electron chi connectivity index (χ1n) is 4.79. The lowest BCUT2D eigenvalue weighted by Gasteiger charge is -2.08. The van der Waals surface area contributed by atoms with Gasteiger partial charge in [0, 0.05) is 0 Å². The number of hydrogen-bond donors (Lipinski definition) is 1. The second kappa shape index (κ2) is 5.15. The maximum absolute atomic E-state index is 10.6. The second-order valence-electron chi connectivity index (χ2n) is 3.20. The van der Waals surface area contributed by atoms with Gasteiger partial charge < -0.3 is 5.32 Å². The quantitative estimate of drug-likeness (QED) is 0.352. The monoisotopic (exact) mass is 276 g/mol. The van der Waals surface area contributed by atoms with Crippen LogP contribution in [0.5, 0.6) is 0 Å². The van der Waals surface area contributed by atoms with Crippen molar-refractivity contribution < 1.29 is 14.8 Å². The van der Waals surface area contributed by atoms with E-state index in [0.717, 1.165) is 4.80 Å². The molecular formula is C5H8N8O6. The molecule has 0 spiro atoms. The molecule has 0 aliphatic carbocycles. The van der Waals surface area contributed by atoms with Gasteiger partial charge in [-0.05, 0) is 12.1 Å². The van der Waals surface area contributed by atoms with E-state index in [0.29, 0.717) is 6.54 Å². The fourth-order valence-corrected chi connectivity index (χ4v) is 1.04. The highest BCUT2D eigenvalue weighted by molar-refractivity contribution is 5.19.